The van der Waals surface area contributed by atoms with Gasteiger partial charge < -0.3 is 9.47 Å². The number of ether oxygens (including phenoxy) is 2. The molecule has 0 saturated carbocycles. The minimum atomic E-state index is -0.887. The zero-order valence-electron chi connectivity index (χ0n) is 18.6. The third-order valence-corrected chi connectivity index (χ3v) is 6.74. The van der Waals surface area contributed by atoms with Gasteiger partial charge in [0.1, 0.15) is 11.9 Å². The zero-order valence-corrected chi connectivity index (χ0v) is 18.6. The van der Waals surface area contributed by atoms with Crippen LogP contribution >= 0.6 is 0 Å². The molecular formula is C28H27F3O2. The first-order chi connectivity index (χ1) is 16.0. The highest BCUT2D eigenvalue weighted by molar-refractivity contribution is 5.71. The molecule has 0 spiro atoms. The lowest BCUT2D eigenvalue weighted by Gasteiger charge is -2.29. The molecule has 3 aromatic carbocycles. The first-order valence-corrected chi connectivity index (χ1v) is 11.7. The van der Waals surface area contributed by atoms with E-state index in [-0.39, 0.29) is 29.0 Å². The Labute approximate surface area is 192 Å². The maximum Gasteiger partial charge on any atom is 0.167 e. The van der Waals surface area contributed by atoms with Crippen LogP contribution in [0.15, 0.2) is 54.6 Å². The van der Waals surface area contributed by atoms with Crippen molar-refractivity contribution in [3.63, 3.8) is 0 Å². The van der Waals surface area contributed by atoms with E-state index in [1.807, 2.05) is 6.07 Å². The Hall–Kier alpha value is -2.63. The Morgan fingerprint density at radius 2 is 1.48 bits per heavy atom. The fourth-order valence-corrected chi connectivity index (χ4v) is 4.73. The van der Waals surface area contributed by atoms with E-state index >= 15 is 0 Å². The van der Waals surface area contributed by atoms with Crippen molar-refractivity contribution in [3.05, 3.63) is 83.2 Å². The predicted molar refractivity (Wildman–Crippen MR) is 123 cm³/mol. The van der Waals surface area contributed by atoms with Gasteiger partial charge in [-0.2, -0.15) is 0 Å². The normalized spacial score (nSPS) is 22.4. The average molecular weight is 453 g/mol. The van der Waals surface area contributed by atoms with Crippen molar-refractivity contribution >= 4 is 0 Å². The lowest BCUT2D eigenvalue weighted by atomic mass is 9.89. The summed E-state index contributed by atoms with van der Waals surface area (Å²) in [6.45, 7) is 3.21. The van der Waals surface area contributed by atoms with E-state index in [0.29, 0.717) is 36.0 Å². The summed E-state index contributed by atoms with van der Waals surface area (Å²) in [7, 11) is 0. The molecule has 2 aliphatic heterocycles. The number of benzene rings is 3. The standard InChI is InChI=1S/C28H27F3O2/c1-2-3-21-10-8-20(15-32-21)19-9-11-22(25(29)14-19)17-4-6-18(7-5-17)23-12-13-24(26-16-33-26)28(31)27(23)30/h4-7,9,11-14,20-21,26H,2-3,8,10,15-16H2,1H3. The molecule has 33 heavy (non-hydrogen) atoms. The number of hydrogen-bond donors (Lipinski definition) is 0. The van der Waals surface area contributed by atoms with E-state index in [0.717, 1.165) is 31.2 Å². The van der Waals surface area contributed by atoms with Gasteiger partial charge in [0.15, 0.2) is 11.6 Å². The second kappa shape index (κ2) is 9.32. The number of epoxide rings is 1. The smallest absolute Gasteiger partial charge is 0.167 e. The summed E-state index contributed by atoms with van der Waals surface area (Å²) in [6.07, 6.45) is 4.18. The Kier molecular flexibility index (Phi) is 6.26. The maximum atomic E-state index is 15.0. The van der Waals surface area contributed by atoms with Gasteiger partial charge in [0.05, 0.1) is 19.3 Å². The van der Waals surface area contributed by atoms with Gasteiger partial charge in [0, 0.05) is 22.6 Å². The van der Waals surface area contributed by atoms with E-state index < -0.39 is 11.6 Å². The third-order valence-electron chi connectivity index (χ3n) is 6.74. The van der Waals surface area contributed by atoms with Gasteiger partial charge in [-0.05, 0) is 42.0 Å². The molecule has 0 amide bonds. The van der Waals surface area contributed by atoms with E-state index in [1.54, 1.807) is 48.5 Å². The molecule has 3 aromatic rings. The molecule has 3 atom stereocenters. The van der Waals surface area contributed by atoms with Crippen LogP contribution in [0.5, 0.6) is 0 Å². The van der Waals surface area contributed by atoms with Crippen molar-refractivity contribution in [2.45, 2.75) is 50.7 Å². The lowest BCUT2D eigenvalue weighted by Crippen LogP contribution is -2.24. The predicted octanol–water partition coefficient (Wildman–Crippen LogP) is 7.57. The highest BCUT2D eigenvalue weighted by atomic mass is 19.2. The molecule has 3 unspecified atom stereocenters. The number of rotatable bonds is 6. The summed E-state index contributed by atoms with van der Waals surface area (Å²) in [5.74, 6) is -1.83. The molecule has 0 aliphatic carbocycles. The zero-order chi connectivity index (χ0) is 22.9. The van der Waals surface area contributed by atoms with Gasteiger partial charge in [0.2, 0.25) is 0 Å². The largest absolute Gasteiger partial charge is 0.378 e. The van der Waals surface area contributed by atoms with Crippen LogP contribution in [0.2, 0.25) is 0 Å². The van der Waals surface area contributed by atoms with Gasteiger partial charge in [-0.3, -0.25) is 0 Å². The molecule has 2 saturated heterocycles. The van der Waals surface area contributed by atoms with E-state index in [9.17, 15) is 13.2 Å². The summed E-state index contributed by atoms with van der Waals surface area (Å²) in [6, 6.07) is 15.4. The quantitative estimate of drug-likeness (QED) is 0.360. The second-order valence-electron chi connectivity index (χ2n) is 8.99. The molecule has 5 rings (SSSR count). The highest BCUT2D eigenvalue weighted by Crippen LogP contribution is 2.37. The van der Waals surface area contributed by atoms with Gasteiger partial charge in [-0.1, -0.05) is 61.9 Å². The van der Waals surface area contributed by atoms with E-state index in [2.05, 4.69) is 6.92 Å². The van der Waals surface area contributed by atoms with Crippen molar-refractivity contribution in [3.8, 4) is 22.3 Å². The molecule has 0 N–H and O–H groups in total. The SMILES string of the molecule is CCCC1CCC(c2ccc(-c3ccc(-c4ccc(C5CO5)c(F)c4F)cc3)c(F)c2)CO1. The summed E-state index contributed by atoms with van der Waals surface area (Å²) in [5, 5.41) is 0. The molecule has 2 nitrogen and oxygen atoms in total. The van der Waals surface area contributed by atoms with Crippen LogP contribution in [0.3, 0.4) is 0 Å². The van der Waals surface area contributed by atoms with Crippen LogP contribution in [0.4, 0.5) is 13.2 Å². The third kappa shape index (κ3) is 4.57. The summed E-state index contributed by atoms with van der Waals surface area (Å²) < 4.78 is 55.0. The van der Waals surface area contributed by atoms with Crippen LogP contribution < -0.4 is 0 Å². The van der Waals surface area contributed by atoms with E-state index in [1.165, 1.54) is 0 Å². The van der Waals surface area contributed by atoms with Gasteiger partial charge in [-0.15, -0.1) is 0 Å². The molecule has 172 valence electrons. The minimum Gasteiger partial charge on any atom is -0.378 e. The maximum absolute atomic E-state index is 15.0. The highest BCUT2D eigenvalue weighted by Gasteiger charge is 2.30. The van der Waals surface area contributed by atoms with Gasteiger partial charge in [0.25, 0.3) is 0 Å². The number of halogens is 3. The first kappa shape index (κ1) is 22.2. The fourth-order valence-electron chi connectivity index (χ4n) is 4.73. The Morgan fingerprint density at radius 3 is 2.09 bits per heavy atom. The van der Waals surface area contributed by atoms with Gasteiger partial charge >= 0.3 is 0 Å². The van der Waals surface area contributed by atoms with Crippen molar-refractivity contribution in [2.24, 2.45) is 0 Å². The molecule has 0 aromatic heterocycles. The molecule has 2 aliphatic rings. The Morgan fingerprint density at radius 1 is 0.788 bits per heavy atom. The summed E-state index contributed by atoms with van der Waals surface area (Å²) >= 11 is 0. The molecule has 5 heteroatoms. The molecule has 0 bridgehead atoms. The van der Waals surface area contributed by atoms with Gasteiger partial charge in [-0.25, -0.2) is 13.2 Å². The second-order valence-corrected chi connectivity index (χ2v) is 8.99. The summed E-state index contributed by atoms with van der Waals surface area (Å²) in [5.41, 5.74) is 3.10. The first-order valence-electron chi connectivity index (χ1n) is 11.7. The Bertz CT molecular complexity index is 1130. The Balaban J connectivity index is 1.33. The number of hydrogen-bond acceptors (Lipinski definition) is 2. The average Bonchev–Trinajstić information content (AvgIpc) is 3.67. The molecule has 0 radical (unpaired) electrons. The van der Waals surface area contributed by atoms with Crippen LogP contribution in [0.1, 0.15) is 55.8 Å². The lowest BCUT2D eigenvalue weighted by molar-refractivity contribution is -0.00115. The van der Waals surface area contributed by atoms with Crippen LogP contribution in [0.25, 0.3) is 22.3 Å². The topological polar surface area (TPSA) is 21.8 Å². The molecule has 2 fully saturated rings. The summed E-state index contributed by atoms with van der Waals surface area (Å²) in [4.78, 5) is 0. The molecular weight excluding hydrogens is 425 g/mol. The van der Waals surface area contributed by atoms with Crippen molar-refractivity contribution in [1.29, 1.82) is 0 Å². The monoisotopic (exact) mass is 452 g/mol. The van der Waals surface area contributed by atoms with Crippen molar-refractivity contribution < 1.29 is 22.6 Å². The minimum absolute atomic E-state index is 0.179. The van der Waals surface area contributed by atoms with E-state index in [4.69, 9.17) is 9.47 Å². The molecule has 2 heterocycles. The van der Waals surface area contributed by atoms with Crippen LogP contribution in [-0.2, 0) is 9.47 Å². The van der Waals surface area contributed by atoms with Crippen molar-refractivity contribution in [1.82, 2.24) is 0 Å². The van der Waals surface area contributed by atoms with Crippen LogP contribution in [0, 0.1) is 17.5 Å². The van der Waals surface area contributed by atoms with Crippen LogP contribution in [-0.4, -0.2) is 19.3 Å². The van der Waals surface area contributed by atoms with Crippen molar-refractivity contribution in [2.75, 3.05) is 13.2 Å². The fraction of sp³-hybridized carbons (Fsp3) is 0.357.